The monoisotopic (exact) mass is 588 g/mol. The van der Waals surface area contributed by atoms with Gasteiger partial charge in [-0.15, -0.1) is 23.4 Å². The van der Waals surface area contributed by atoms with Crippen molar-refractivity contribution < 1.29 is 17.9 Å². The molecule has 0 spiro atoms. The van der Waals surface area contributed by atoms with E-state index in [1.165, 1.54) is 29.3 Å². The number of fused-ring (bicyclic) bond motifs is 1. The van der Waals surface area contributed by atoms with Crippen molar-refractivity contribution in [3.63, 3.8) is 0 Å². The molecule has 1 saturated heterocycles. The lowest BCUT2D eigenvalue weighted by Crippen LogP contribution is -2.43. The number of aryl methyl sites for hydroxylation is 1. The lowest BCUT2D eigenvalue weighted by molar-refractivity contribution is -0.274. The van der Waals surface area contributed by atoms with Crippen molar-refractivity contribution in [3.8, 4) is 11.4 Å². The summed E-state index contributed by atoms with van der Waals surface area (Å²) in [6.07, 6.45) is 1.78. The zero-order valence-electron chi connectivity index (χ0n) is 23.1. The molecule has 8 nitrogen and oxygen atoms in total. The van der Waals surface area contributed by atoms with Crippen LogP contribution in [0.2, 0.25) is 5.02 Å². The molecule has 6 rings (SSSR count). The van der Waals surface area contributed by atoms with E-state index < -0.39 is 23.1 Å². The van der Waals surface area contributed by atoms with Crippen molar-refractivity contribution in [2.45, 2.75) is 57.9 Å². The van der Waals surface area contributed by atoms with Crippen molar-refractivity contribution in [1.29, 1.82) is 0 Å². The molecule has 2 fully saturated rings. The fraction of sp³-hybridized carbons (Fsp3) is 0.483. The Kier molecular flexibility index (Phi) is 6.93. The fourth-order valence-corrected chi connectivity index (χ4v) is 7.01. The van der Waals surface area contributed by atoms with Crippen LogP contribution in [-0.2, 0) is 19.0 Å². The topological polar surface area (TPSA) is 81.0 Å². The Morgan fingerprint density at radius 2 is 1.95 bits per heavy atom. The highest BCUT2D eigenvalue weighted by molar-refractivity contribution is 6.35. The lowest BCUT2D eigenvalue weighted by atomic mass is 9.58. The van der Waals surface area contributed by atoms with Gasteiger partial charge >= 0.3 is 6.36 Å². The SMILES string of the molecule is CC1CC(c2cc(OC(F)(F)F)cc(-n3cc(Cl)c4cc(CN5CCC[C@H](C)C5)[nH]c4c3=O)c2)(c2nncn2C)C1. The average molecular weight is 589 g/mol. The number of H-pyrrole nitrogens is 1. The van der Waals surface area contributed by atoms with Gasteiger partial charge in [0.25, 0.3) is 5.56 Å². The summed E-state index contributed by atoms with van der Waals surface area (Å²) >= 11 is 6.67. The summed E-state index contributed by atoms with van der Waals surface area (Å²) in [5.41, 5.74) is 0.877. The molecule has 0 bridgehead atoms. The van der Waals surface area contributed by atoms with Gasteiger partial charge in [0.15, 0.2) is 0 Å². The molecule has 218 valence electrons. The van der Waals surface area contributed by atoms with Crippen molar-refractivity contribution in [2.75, 3.05) is 13.1 Å². The van der Waals surface area contributed by atoms with Crippen LogP contribution in [0.15, 0.2) is 41.6 Å². The molecule has 0 unspecified atom stereocenters. The third-order valence-corrected chi connectivity index (χ3v) is 8.73. The number of ether oxygens (including phenoxy) is 1. The first-order valence-corrected chi connectivity index (χ1v) is 14.2. The van der Waals surface area contributed by atoms with E-state index >= 15 is 0 Å². The quantitative estimate of drug-likeness (QED) is 0.301. The molecule has 1 aliphatic carbocycles. The zero-order chi connectivity index (χ0) is 29.1. The van der Waals surface area contributed by atoms with Crippen LogP contribution in [0.5, 0.6) is 5.75 Å². The van der Waals surface area contributed by atoms with E-state index in [4.69, 9.17) is 11.6 Å². The van der Waals surface area contributed by atoms with Crippen LogP contribution in [0.4, 0.5) is 13.2 Å². The smallest absolute Gasteiger partial charge is 0.406 e. The standard InChI is InChI=1S/C29H32ClF3N6O2/c1-17-5-4-6-38(13-17)14-20-9-23-24(30)15-39(26(40)25(23)35-20)21-7-19(8-22(10-21)41-29(31,32)33)28(11-18(2)12-28)27-36-34-16-37(27)3/h7-10,15-18,35H,4-6,11-14H2,1-3H3/t17-,18?,28?/m0/s1. The number of pyridine rings is 1. The third-order valence-electron chi connectivity index (χ3n) is 8.43. The van der Waals surface area contributed by atoms with Gasteiger partial charge in [-0.1, -0.05) is 25.4 Å². The number of aromatic amines is 1. The molecule has 1 atom stereocenters. The van der Waals surface area contributed by atoms with Crippen LogP contribution in [0.3, 0.4) is 0 Å². The molecule has 2 aliphatic rings. The summed E-state index contributed by atoms with van der Waals surface area (Å²) in [6, 6.07) is 6.21. The van der Waals surface area contributed by atoms with Crippen LogP contribution < -0.4 is 10.3 Å². The average Bonchev–Trinajstić information content (AvgIpc) is 3.50. The minimum Gasteiger partial charge on any atom is -0.406 e. The summed E-state index contributed by atoms with van der Waals surface area (Å²) in [7, 11) is 1.81. The maximum Gasteiger partial charge on any atom is 0.573 e. The second kappa shape index (κ2) is 10.2. The van der Waals surface area contributed by atoms with E-state index in [1.807, 2.05) is 13.1 Å². The molecular weight excluding hydrogens is 557 g/mol. The first-order valence-electron chi connectivity index (χ1n) is 13.8. The summed E-state index contributed by atoms with van der Waals surface area (Å²) in [4.78, 5) is 19.4. The number of nitrogens with one attached hydrogen (secondary N) is 1. The van der Waals surface area contributed by atoms with E-state index in [0.29, 0.717) is 58.5 Å². The minimum atomic E-state index is -4.91. The number of nitrogens with zero attached hydrogens (tertiary/aromatic N) is 5. The van der Waals surface area contributed by atoms with Gasteiger partial charge in [0, 0.05) is 43.5 Å². The summed E-state index contributed by atoms with van der Waals surface area (Å²) < 4.78 is 47.7. The van der Waals surface area contributed by atoms with E-state index in [1.54, 1.807) is 17.0 Å². The van der Waals surface area contributed by atoms with E-state index in [-0.39, 0.29) is 5.69 Å². The number of piperidine rings is 1. The van der Waals surface area contributed by atoms with Crippen LogP contribution in [0, 0.1) is 11.8 Å². The molecule has 4 heterocycles. The van der Waals surface area contributed by atoms with Gasteiger partial charge in [-0.05, 0) is 67.8 Å². The molecule has 41 heavy (non-hydrogen) atoms. The molecule has 1 N–H and O–H groups in total. The number of benzene rings is 1. The number of hydrogen-bond acceptors (Lipinski definition) is 5. The maximum absolute atomic E-state index is 13.8. The highest BCUT2D eigenvalue weighted by Crippen LogP contribution is 2.52. The number of alkyl halides is 3. The van der Waals surface area contributed by atoms with Gasteiger partial charge in [-0.3, -0.25) is 14.3 Å². The molecule has 1 aromatic carbocycles. The Balaban J connectivity index is 1.46. The Bertz CT molecular complexity index is 1650. The van der Waals surface area contributed by atoms with Crippen LogP contribution >= 0.6 is 11.6 Å². The van der Waals surface area contributed by atoms with Gasteiger partial charge < -0.3 is 14.3 Å². The maximum atomic E-state index is 13.8. The molecule has 12 heteroatoms. The highest BCUT2D eigenvalue weighted by atomic mass is 35.5. The van der Waals surface area contributed by atoms with Crippen LogP contribution in [0.1, 0.15) is 56.6 Å². The second-order valence-corrected chi connectivity index (χ2v) is 12.2. The highest BCUT2D eigenvalue weighted by Gasteiger charge is 2.48. The number of hydrogen-bond donors (Lipinski definition) is 1. The number of rotatable bonds is 6. The zero-order valence-corrected chi connectivity index (χ0v) is 23.9. The predicted molar refractivity (Wildman–Crippen MR) is 149 cm³/mol. The van der Waals surface area contributed by atoms with Crippen LogP contribution in [-0.4, -0.2) is 48.7 Å². The van der Waals surface area contributed by atoms with E-state index in [0.717, 1.165) is 25.2 Å². The van der Waals surface area contributed by atoms with Gasteiger partial charge in [0.1, 0.15) is 23.4 Å². The first-order chi connectivity index (χ1) is 19.4. The third kappa shape index (κ3) is 5.25. The van der Waals surface area contributed by atoms with Crippen molar-refractivity contribution >= 4 is 22.5 Å². The Morgan fingerprint density at radius 3 is 2.61 bits per heavy atom. The van der Waals surface area contributed by atoms with Crippen LogP contribution in [0.25, 0.3) is 16.6 Å². The number of halogens is 4. The molecule has 0 amide bonds. The molecule has 1 aliphatic heterocycles. The number of aromatic nitrogens is 5. The van der Waals surface area contributed by atoms with E-state index in [2.05, 4.69) is 38.7 Å². The summed E-state index contributed by atoms with van der Waals surface area (Å²) in [6.45, 7) is 6.94. The largest absolute Gasteiger partial charge is 0.573 e. The van der Waals surface area contributed by atoms with Gasteiger partial charge in [-0.25, -0.2) is 0 Å². The molecule has 3 aromatic heterocycles. The minimum absolute atomic E-state index is 0.220. The Labute approximate surface area is 240 Å². The summed E-state index contributed by atoms with van der Waals surface area (Å²) in [5.74, 6) is 1.17. The second-order valence-electron chi connectivity index (χ2n) is 11.8. The van der Waals surface area contributed by atoms with Crippen molar-refractivity contribution in [1.82, 2.24) is 29.2 Å². The normalized spacial score (nSPS) is 23.6. The molecular formula is C29H32ClF3N6O2. The first kappa shape index (κ1) is 27.8. The Morgan fingerprint density at radius 1 is 1.17 bits per heavy atom. The fourth-order valence-electron chi connectivity index (χ4n) is 6.76. The molecule has 4 aromatic rings. The van der Waals surface area contributed by atoms with Gasteiger partial charge in [0.2, 0.25) is 0 Å². The molecule has 1 saturated carbocycles. The molecule has 0 radical (unpaired) electrons. The van der Waals surface area contributed by atoms with Gasteiger partial charge in [0.05, 0.1) is 16.1 Å². The Hall–Kier alpha value is -3.31. The number of likely N-dealkylation sites (tertiary alicyclic amines) is 1. The predicted octanol–water partition coefficient (Wildman–Crippen LogP) is 5.95. The van der Waals surface area contributed by atoms with Gasteiger partial charge in [-0.2, -0.15) is 0 Å². The lowest BCUT2D eigenvalue weighted by Gasteiger charge is -2.46. The van der Waals surface area contributed by atoms with Crippen molar-refractivity contribution in [2.24, 2.45) is 18.9 Å². The van der Waals surface area contributed by atoms with Crippen molar-refractivity contribution in [3.05, 3.63) is 69.2 Å². The summed E-state index contributed by atoms with van der Waals surface area (Å²) in [5, 5.41) is 9.22. The van der Waals surface area contributed by atoms with E-state index in [9.17, 15) is 18.0 Å².